The third-order valence-electron chi connectivity index (χ3n) is 1.59. The topological polar surface area (TPSA) is 24.4 Å². The van der Waals surface area contributed by atoms with Crippen LogP contribution in [0.1, 0.15) is 26.3 Å². The van der Waals surface area contributed by atoms with Crippen molar-refractivity contribution in [1.82, 2.24) is 5.43 Å². The van der Waals surface area contributed by atoms with Gasteiger partial charge in [-0.2, -0.15) is 5.10 Å². The van der Waals surface area contributed by atoms with Gasteiger partial charge in [-0.15, -0.1) is 12.4 Å². The highest BCUT2D eigenvalue weighted by atomic mass is 35.5. The number of hydrazone groups is 1. The third-order valence-corrected chi connectivity index (χ3v) is 2.25. The molecule has 1 aromatic carbocycles. The number of nitrogens with one attached hydrogen (secondary N) is 1. The van der Waals surface area contributed by atoms with E-state index in [4.69, 9.17) is 23.2 Å². The summed E-state index contributed by atoms with van der Waals surface area (Å²) in [4.78, 5) is 0. The molecule has 0 saturated carbocycles. The monoisotopic (exact) mass is 280 g/mol. The molecule has 0 aliphatic carbocycles. The van der Waals surface area contributed by atoms with E-state index >= 15 is 0 Å². The van der Waals surface area contributed by atoms with Crippen LogP contribution in [-0.2, 0) is 0 Å². The minimum atomic E-state index is -0.0652. The Morgan fingerprint density at radius 1 is 1.19 bits per heavy atom. The highest BCUT2D eigenvalue weighted by Gasteiger charge is 2.06. The van der Waals surface area contributed by atoms with E-state index < -0.39 is 0 Å². The zero-order chi connectivity index (χ0) is 11.5. The molecule has 0 unspecified atom stereocenters. The van der Waals surface area contributed by atoms with Crippen LogP contribution in [0.5, 0.6) is 0 Å². The maximum Gasteiger partial charge on any atom is 0.0570 e. The van der Waals surface area contributed by atoms with Gasteiger partial charge in [0.1, 0.15) is 0 Å². The molecule has 16 heavy (non-hydrogen) atoms. The number of nitrogens with zero attached hydrogens (tertiary/aromatic N) is 1. The molecule has 0 atom stereocenters. The Balaban J connectivity index is 0.00000225. The van der Waals surface area contributed by atoms with E-state index in [-0.39, 0.29) is 17.9 Å². The summed E-state index contributed by atoms with van der Waals surface area (Å²) < 4.78 is 0. The zero-order valence-corrected chi connectivity index (χ0v) is 11.7. The van der Waals surface area contributed by atoms with Gasteiger partial charge in [0.05, 0.1) is 16.3 Å². The molecule has 0 heterocycles. The predicted molar refractivity (Wildman–Crippen MR) is 74.2 cm³/mol. The Bertz CT molecular complexity index is 350. The zero-order valence-electron chi connectivity index (χ0n) is 9.42. The largest absolute Gasteiger partial charge is 0.305 e. The van der Waals surface area contributed by atoms with Crippen LogP contribution in [0.3, 0.4) is 0 Å². The number of halogens is 3. The van der Waals surface area contributed by atoms with Crippen LogP contribution in [0, 0.1) is 0 Å². The fraction of sp³-hybridized carbons (Fsp3) is 0.364. The SMILES string of the molecule is CC(C)(C)N/N=C\c1c(Cl)cccc1Cl.Cl. The first-order valence-electron chi connectivity index (χ1n) is 4.64. The highest BCUT2D eigenvalue weighted by Crippen LogP contribution is 2.22. The molecular weight excluding hydrogens is 266 g/mol. The van der Waals surface area contributed by atoms with Crippen LogP contribution >= 0.6 is 35.6 Å². The van der Waals surface area contributed by atoms with Crippen LogP contribution in [0.25, 0.3) is 0 Å². The van der Waals surface area contributed by atoms with Crippen molar-refractivity contribution in [3.63, 3.8) is 0 Å². The minimum absolute atomic E-state index is 0. The fourth-order valence-electron chi connectivity index (χ4n) is 0.925. The van der Waals surface area contributed by atoms with E-state index in [1.165, 1.54) is 0 Å². The maximum absolute atomic E-state index is 5.98. The molecule has 0 bridgehead atoms. The lowest BCUT2D eigenvalue weighted by atomic mass is 10.1. The van der Waals surface area contributed by atoms with Gasteiger partial charge in [0.15, 0.2) is 0 Å². The molecule has 2 nitrogen and oxygen atoms in total. The van der Waals surface area contributed by atoms with Crippen molar-refractivity contribution in [2.24, 2.45) is 5.10 Å². The Kier molecular flexibility index (Phi) is 6.16. The van der Waals surface area contributed by atoms with Crippen LogP contribution in [0.15, 0.2) is 23.3 Å². The molecule has 0 radical (unpaired) electrons. The number of benzene rings is 1. The first kappa shape index (κ1) is 15.6. The number of hydrogen-bond acceptors (Lipinski definition) is 2. The summed E-state index contributed by atoms with van der Waals surface area (Å²) in [6.45, 7) is 6.08. The lowest BCUT2D eigenvalue weighted by Crippen LogP contribution is -2.31. The van der Waals surface area contributed by atoms with Crippen molar-refractivity contribution in [2.45, 2.75) is 26.3 Å². The fourth-order valence-corrected chi connectivity index (χ4v) is 1.42. The normalized spacial score (nSPS) is 11.3. The van der Waals surface area contributed by atoms with Gasteiger partial charge in [-0.1, -0.05) is 29.3 Å². The maximum atomic E-state index is 5.98. The van der Waals surface area contributed by atoms with Gasteiger partial charge in [0.2, 0.25) is 0 Å². The Labute approximate surface area is 112 Å². The Morgan fingerprint density at radius 3 is 2.12 bits per heavy atom. The lowest BCUT2D eigenvalue weighted by Gasteiger charge is -2.17. The average Bonchev–Trinajstić information content (AvgIpc) is 2.08. The molecule has 0 aliphatic rings. The van der Waals surface area contributed by atoms with Gasteiger partial charge in [-0.25, -0.2) is 0 Å². The quantitative estimate of drug-likeness (QED) is 0.639. The van der Waals surface area contributed by atoms with Gasteiger partial charge in [0.25, 0.3) is 0 Å². The minimum Gasteiger partial charge on any atom is -0.305 e. The predicted octanol–water partition coefficient (Wildman–Crippen LogP) is 4.14. The summed E-state index contributed by atoms with van der Waals surface area (Å²) >= 11 is 12.0. The van der Waals surface area contributed by atoms with Gasteiger partial charge in [-0.3, -0.25) is 0 Å². The molecule has 0 saturated heterocycles. The molecule has 0 aromatic heterocycles. The van der Waals surface area contributed by atoms with Crippen molar-refractivity contribution in [2.75, 3.05) is 0 Å². The Hall–Kier alpha value is -0.440. The first-order valence-corrected chi connectivity index (χ1v) is 5.40. The molecule has 1 aromatic rings. The summed E-state index contributed by atoms with van der Waals surface area (Å²) in [6, 6.07) is 5.37. The van der Waals surface area contributed by atoms with E-state index in [2.05, 4.69) is 10.5 Å². The summed E-state index contributed by atoms with van der Waals surface area (Å²) in [5.41, 5.74) is 3.65. The van der Waals surface area contributed by atoms with Crippen molar-refractivity contribution in [1.29, 1.82) is 0 Å². The van der Waals surface area contributed by atoms with Crippen molar-refractivity contribution < 1.29 is 0 Å². The van der Waals surface area contributed by atoms with Crippen LogP contribution in [0.4, 0.5) is 0 Å². The van der Waals surface area contributed by atoms with E-state index in [0.29, 0.717) is 10.0 Å². The second kappa shape index (κ2) is 6.33. The van der Waals surface area contributed by atoms with Gasteiger partial charge >= 0.3 is 0 Å². The van der Waals surface area contributed by atoms with Crippen molar-refractivity contribution in [3.8, 4) is 0 Å². The molecule has 0 fully saturated rings. The standard InChI is InChI=1S/C11H14Cl2N2.ClH/c1-11(2,3)15-14-7-8-9(12)5-4-6-10(8)13;/h4-7,15H,1-3H3;1H/b14-7-;. The summed E-state index contributed by atoms with van der Waals surface area (Å²) in [6.07, 6.45) is 1.63. The molecule has 90 valence electrons. The smallest absolute Gasteiger partial charge is 0.0570 e. The van der Waals surface area contributed by atoms with Gasteiger partial charge in [0, 0.05) is 11.1 Å². The highest BCUT2D eigenvalue weighted by molar-refractivity contribution is 6.38. The lowest BCUT2D eigenvalue weighted by molar-refractivity contribution is 0.442. The molecule has 0 amide bonds. The van der Waals surface area contributed by atoms with Gasteiger partial charge in [-0.05, 0) is 32.9 Å². The number of rotatable bonds is 2. The summed E-state index contributed by atoms with van der Waals surface area (Å²) in [7, 11) is 0. The Morgan fingerprint density at radius 2 is 1.69 bits per heavy atom. The first-order chi connectivity index (χ1) is 6.90. The van der Waals surface area contributed by atoms with Crippen LogP contribution in [0.2, 0.25) is 10.0 Å². The van der Waals surface area contributed by atoms with Crippen LogP contribution < -0.4 is 5.43 Å². The second-order valence-corrected chi connectivity index (χ2v) is 5.07. The van der Waals surface area contributed by atoms with E-state index in [1.54, 1.807) is 24.4 Å². The summed E-state index contributed by atoms with van der Waals surface area (Å²) in [5.74, 6) is 0. The molecule has 0 aliphatic heterocycles. The third kappa shape index (κ3) is 5.06. The summed E-state index contributed by atoms with van der Waals surface area (Å²) in [5, 5.41) is 5.29. The van der Waals surface area contributed by atoms with E-state index in [0.717, 1.165) is 5.56 Å². The molecule has 5 heteroatoms. The van der Waals surface area contributed by atoms with Crippen molar-refractivity contribution in [3.05, 3.63) is 33.8 Å². The molecule has 1 rings (SSSR count). The average molecular weight is 282 g/mol. The van der Waals surface area contributed by atoms with E-state index in [9.17, 15) is 0 Å². The van der Waals surface area contributed by atoms with Crippen LogP contribution in [-0.4, -0.2) is 11.8 Å². The second-order valence-electron chi connectivity index (χ2n) is 4.26. The van der Waals surface area contributed by atoms with Crippen molar-refractivity contribution >= 4 is 41.8 Å². The van der Waals surface area contributed by atoms with Gasteiger partial charge < -0.3 is 5.43 Å². The molecule has 0 spiro atoms. The van der Waals surface area contributed by atoms with E-state index in [1.807, 2.05) is 20.8 Å². The number of hydrogen-bond donors (Lipinski definition) is 1. The molecular formula is C11H15Cl3N2. The molecule has 1 N–H and O–H groups in total.